The first-order valence-corrected chi connectivity index (χ1v) is 19.4. The molecule has 0 saturated carbocycles. The standard InChI is InChI=1S/C21H24N4O3.C13H19N.C9H8N2O4.CH3F/c1-2-14-8-9-25(18(10-14)15-6-4-3-5-7-15)21(28)20(27)24-17-11-16(19(22)26)12-23-13-17;1-2-11-8-9-14-13(10-11)12-6-4-3-5-7-12;10-8(13)6-1-5(3-11-4-6)2-7(12)9(14)15;1-2/h3-7,11-14,18H,2,8-10H2,1H3,(H2,22,26)(H,24,27);3-7,11,13-14H,2,8-10H2,1H3;1,3-4H,2H2,(H2,10,13)(H,14,15);1H3/t14-,18+;;;/m0.../s1/i;;;1D. The molecule has 2 aliphatic heterocycles. The van der Waals surface area contributed by atoms with Gasteiger partial charge in [-0.15, -0.1) is 0 Å². The third-order valence-corrected chi connectivity index (χ3v) is 10.2. The number of nitrogens with zero attached hydrogens (tertiary/aromatic N) is 3. The van der Waals surface area contributed by atoms with Crippen LogP contribution in [0.5, 0.6) is 0 Å². The zero-order chi connectivity index (χ0) is 44.0. The average Bonchev–Trinajstić information content (AvgIpc) is 3.27. The Hall–Kier alpha value is -6.35. The normalized spacial score (nSPS) is 18.4. The molecule has 4 atom stereocenters. The number of aromatic nitrogens is 2. The van der Waals surface area contributed by atoms with Crippen molar-refractivity contribution in [3.8, 4) is 0 Å². The number of nitrogens with one attached hydrogen (secondary N) is 2. The van der Waals surface area contributed by atoms with Gasteiger partial charge in [0, 0.05) is 37.6 Å². The SMILES string of the molecule is CCC1CCNC(c2ccccc2)C1.CC[C@H]1CCN(C(=O)C(=O)Nc2cncc(C(N)=O)c2)[C@@H](c2ccccc2)C1.NC(=O)c1cncc(CC(=O)C(=O)O)c1.[2H]CF. The Morgan fingerprint density at radius 3 is 1.97 bits per heavy atom. The van der Waals surface area contributed by atoms with E-state index in [4.69, 9.17) is 17.9 Å². The summed E-state index contributed by atoms with van der Waals surface area (Å²) in [6.45, 7) is 6.16. The van der Waals surface area contributed by atoms with E-state index in [1.54, 1.807) is 4.90 Å². The van der Waals surface area contributed by atoms with Crippen molar-refractivity contribution in [1.82, 2.24) is 20.2 Å². The van der Waals surface area contributed by atoms with Crippen LogP contribution in [-0.4, -0.2) is 75.6 Å². The third kappa shape index (κ3) is 14.8. The highest BCUT2D eigenvalue weighted by molar-refractivity contribution is 6.39. The number of alkyl halides is 1. The second-order valence-corrected chi connectivity index (χ2v) is 14.1. The van der Waals surface area contributed by atoms with Gasteiger partial charge in [0.15, 0.2) is 0 Å². The van der Waals surface area contributed by atoms with E-state index in [9.17, 15) is 33.2 Å². The summed E-state index contributed by atoms with van der Waals surface area (Å²) in [5.41, 5.74) is 13.6. The van der Waals surface area contributed by atoms with Crippen molar-refractivity contribution in [2.75, 3.05) is 25.6 Å². The van der Waals surface area contributed by atoms with E-state index in [-0.39, 0.29) is 29.3 Å². The molecule has 59 heavy (non-hydrogen) atoms. The van der Waals surface area contributed by atoms with Crippen molar-refractivity contribution in [1.29, 1.82) is 0 Å². The Balaban J connectivity index is 0.000000253. The summed E-state index contributed by atoms with van der Waals surface area (Å²) < 4.78 is 15.5. The fourth-order valence-electron chi connectivity index (χ4n) is 6.89. The first-order chi connectivity index (χ1) is 28.8. The van der Waals surface area contributed by atoms with Gasteiger partial charge in [-0.25, -0.2) is 4.79 Å². The van der Waals surface area contributed by atoms with E-state index >= 15 is 0 Å². The number of aliphatic carboxylic acids is 1. The van der Waals surface area contributed by atoms with Gasteiger partial charge in [0.25, 0.3) is 0 Å². The topological polar surface area (TPSA) is 228 Å². The Morgan fingerprint density at radius 1 is 0.831 bits per heavy atom. The molecule has 2 unspecified atom stereocenters. The van der Waals surface area contributed by atoms with Crippen LogP contribution in [0.25, 0.3) is 0 Å². The molecule has 0 radical (unpaired) electrons. The maximum atomic E-state index is 12.9. The molecule has 2 saturated heterocycles. The minimum absolute atomic E-state index is 0.131. The van der Waals surface area contributed by atoms with Crippen LogP contribution in [0.2, 0.25) is 0 Å². The van der Waals surface area contributed by atoms with E-state index < -0.39 is 42.5 Å². The number of ketones is 1. The molecule has 15 heteroatoms. The van der Waals surface area contributed by atoms with E-state index in [0.29, 0.717) is 24.1 Å². The van der Waals surface area contributed by atoms with Crippen LogP contribution in [0.15, 0.2) is 97.6 Å². The summed E-state index contributed by atoms with van der Waals surface area (Å²) in [6, 6.07) is 23.8. The Kier molecular flexibility index (Phi) is 18.8. The number of halogens is 1. The highest BCUT2D eigenvalue weighted by atomic mass is 19.1. The number of likely N-dealkylation sites (tertiary alicyclic amines) is 1. The molecule has 4 aromatic rings. The summed E-state index contributed by atoms with van der Waals surface area (Å²) in [4.78, 5) is 77.8. The van der Waals surface area contributed by atoms with E-state index in [1.165, 1.54) is 68.3 Å². The molecule has 2 aliphatic rings. The fourth-order valence-corrected chi connectivity index (χ4v) is 6.89. The van der Waals surface area contributed by atoms with Crippen LogP contribution in [0, 0.1) is 11.8 Å². The first-order valence-electron chi connectivity index (χ1n) is 20.1. The minimum atomic E-state index is -1.51. The lowest BCUT2D eigenvalue weighted by Crippen LogP contribution is -2.46. The van der Waals surface area contributed by atoms with Gasteiger partial charge in [-0.05, 0) is 72.9 Å². The monoisotopic (exact) mass is 812 g/mol. The number of carboxylic acids is 1. The Morgan fingerprint density at radius 2 is 1.39 bits per heavy atom. The zero-order valence-electron chi connectivity index (χ0n) is 34.4. The number of hydrogen-bond donors (Lipinski definition) is 5. The highest BCUT2D eigenvalue weighted by Crippen LogP contribution is 2.36. The number of primary amides is 2. The number of carbonyl (C=O) groups excluding carboxylic acids is 5. The number of piperidine rings is 2. The largest absolute Gasteiger partial charge is 0.475 e. The second kappa shape index (κ2) is 24.4. The van der Waals surface area contributed by atoms with Gasteiger partial charge in [0.05, 0.1) is 37.6 Å². The van der Waals surface area contributed by atoms with Crippen LogP contribution in [0.3, 0.4) is 0 Å². The number of amides is 4. The molecule has 2 aromatic carbocycles. The number of carboxylic acid groups (broad SMARTS) is 1. The van der Waals surface area contributed by atoms with Crippen LogP contribution in [-0.2, 0) is 25.6 Å². The predicted octanol–water partition coefficient (Wildman–Crippen LogP) is 5.61. The lowest BCUT2D eigenvalue weighted by Gasteiger charge is -2.39. The van der Waals surface area contributed by atoms with Crippen molar-refractivity contribution in [3.05, 3.63) is 125 Å². The smallest absolute Gasteiger partial charge is 0.372 e. The number of anilines is 1. The molecule has 0 spiro atoms. The summed E-state index contributed by atoms with van der Waals surface area (Å²) in [7, 11) is -1.00. The predicted molar refractivity (Wildman–Crippen MR) is 222 cm³/mol. The van der Waals surface area contributed by atoms with Crippen molar-refractivity contribution in [3.63, 3.8) is 0 Å². The lowest BCUT2D eigenvalue weighted by atomic mass is 9.85. The molecule has 0 bridgehead atoms. The van der Waals surface area contributed by atoms with Crippen LogP contribution in [0.1, 0.15) is 103 Å². The van der Waals surface area contributed by atoms with Gasteiger partial charge in [-0.2, -0.15) is 0 Å². The molecule has 7 N–H and O–H groups in total. The minimum Gasteiger partial charge on any atom is -0.475 e. The molecule has 4 heterocycles. The molecule has 14 nitrogen and oxygen atoms in total. The highest BCUT2D eigenvalue weighted by Gasteiger charge is 2.35. The Labute approximate surface area is 345 Å². The Bertz CT molecular complexity index is 2030. The van der Waals surface area contributed by atoms with Crippen molar-refractivity contribution < 1.29 is 39.6 Å². The summed E-state index contributed by atoms with van der Waals surface area (Å²) in [6.07, 6.45) is 11.7. The molecule has 2 fully saturated rings. The summed E-state index contributed by atoms with van der Waals surface area (Å²) in [5, 5.41) is 14.5. The van der Waals surface area contributed by atoms with E-state index in [2.05, 4.69) is 64.8 Å². The van der Waals surface area contributed by atoms with E-state index in [1.807, 2.05) is 30.3 Å². The maximum absolute atomic E-state index is 12.9. The number of rotatable bonds is 10. The quantitative estimate of drug-likeness (QED) is 0.124. The number of benzene rings is 2. The molecule has 0 aliphatic carbocycles. The summed E-state index contributed by atoms with van der Waals surface area (Å²) >= 11 is 0. The van der Waals surface area contributed by atoms with Gasteiger partial charge < -0.3 is 32.1 Å². The molecular formula is C44H54FN7O7. The average molecular weight is 813 g/mol. The number of nitrogens with two attached hydrogens (primary N) is 2. The first kappa shape index (κ1) is 45.4. The number of hydrogen-bond acceptors (Lipinski definition) is 9. The van der Waals surface area contributed by atoms with E-state index in [0.717, 1.165) is 30.7 Å². The lowest BCUT2D eigenvalue weighted by molar-refractivity contribution is -0.148. The summed E-state index contributed by atoms with van der Waals surface area (Å²) in [5.74, 6) is -3.70. The van der Waals surface area contributed by atoms with Gasteiger partial charge in [-0.1, -0.05) is 87.4 Å². The molecule has 4 amide bonds. The number of Topliss-reactive ketones (excluding diaryl/α,β-unsaturated/α-hetero) is 1. The van der Waals surface area contributed by atoms with Crippen LogP contribution >= 0.6 is 0 Å². The van der Waals surface area contributed by atoms with Crippen molar-refractivity contribution in [2.45, 2.75) is 70.9 Å². The van der Waals surface area contributed by atoms with Crippen molar-refractivity contribution in [2.24, 2.45) is 23.3 Å². The molecule has 314 valence electrons. The molecular weight excluding hydrogens is 758 g/mol. The van der Waals surface area contributed by atoms with Crippen LogP contribution < -0.4 is 22.1 Å². The molecule has 6 rings (SSSR count). The third-order valence-electron chi connectivity index (χ3n) is 10.2. The maximum Gasteiger partial charge on any atom is 0.372 e. The van der Waals surface area contributed by atoms with Crippen molar-refractivity contribution >= 4 is 41.1 Å². The van der Waals surface area contributed by atoms with Gasteiger partial charge >= 0.3 is 17.8 Å². The fraction of sp³-hybridized carbons (Fsp3) is 0.364. The zero-order valence-corrected chi connectivity index (χ0v) is 33.4. The van der Waals surface area contributed by atoms with Gasteiger partial charge in [0.2, 0.25) is 17.6 Å². The van der Waals surface area contributed by atoms with Crippen LogP contribution in [0.4, 0.5) is 10.1 Å². The van der Waals surface area contributed by atoms with Gasteiger partial charge in [-0.3, -0.25) is 38.3 Å². The molecule has 2 aromatic heterocycles. The number of pyridine rings is 2. The number of carbonyl (C=O) groups is 6. The van der Waals surface area contributed by atoms with Gasteiger partial charge in [0.1, 0.15) is 0 Å². The second-order valence-electron chi connectivity index (χ2n) is 14.1.